The maximum absolute atomic E-state index is 5.88. The van der Waals surface area contributed by atoms with Crippen molar-refractivity contribution >= 4 is 23.4 Å². The van der Waals surface area contributed by atoms with Gasteiger partial charge in [0.05, 0.1) is 0 Å². The van der Waals surface area contributed by atoms with Gasteiger partial charge in [-0.1, -0.05) is 18.5 Å². The molecule has 0 saturated heterocycles. The van der Waals surface area contributed by atoms with Crippen molar-refractivity contribution in [2.75, 3.05) is 12.0 Å². The smallest absolute Gasteiger partial charge is 0.129 e. The van der Waals surface area contributed by atoms with E-state index in [-0.39, 0.29) is 0 Å². The van der Waals surface area contributed by atoms with Crippen molar-refractivity contribution in [2.24, 2.45) is 0 Å². The van der Waals surface area contributed by atoms with Crippen LogP contribution in [-0.2, 0) is 0 Å². The highest BCUT2D eigenvalue weighted by atomic mass is 35.5. The van der Waals surface area contributed by atoms with Gasteiger partial charge >= 0.3 is 0 Å². The Balaban J connectivity index is 2.60. The third kappa shape index (κ3) is 4.32. The fourth-order valence-corrected chi connectivity index (χ4v) is 2.54. The molecule has 0 aliphatic heterocycles. The third-order valence-corrected chi connectivity index (χ3v) is 3.54. The van der Waals surface area contributed by atoms with E-state index in [0.717, 1.165) is 12.2 Å². The minimum Gasteiger partial charge on any atom is -0.307 e. The van der Waals surface area contributed by atoms with E-state index in [9.17, 15) is 0 Å². The molecule has 1 aromatic heterocycles. The van der Waals surface area contributed by atoms with Crippen LogP contribution in [0.15, 0.2) is 18.3 Å². The van der Waals surface area contributed by atoms with Crippen LogP contribution in [0, 0.1) is 0 Å². The largest absolute Gasteiger partial charge is 0.307 e. The molecule has 90 valence electrons. The second kappa shape index (κ2) is 7.15. The molecule has 16 heavy (non-hydrogen) atoms. The molecule has 2 unspecified atom stereocenters. The van der Waals surface area contributed by atoms with Gasteiger partial charge in [-0.3, -0.25) is 0 Å². The summed E-state index contributed by atoms with van der Waals surface area (Å²) in [5.74, 6) is 1.14. The molecule has 0 aromatic carbocycles. The predicted octanol–water partition coefficient (Wildman–Crippen LogP) is 3.53. The maximum Gasteiger partial charge on any atom is 0.129 e. The van der Waals surface area contributed by atoms with Crippen molar-refractivity contribution in [2.45, 2.75) is 32.4 Å². The van der Waals surface area contributed by atoms with Crippen LogP contribution in [0.4, 0.5) is 0 Å². The highest BCUT2D eigenvalue weighted by molar-refractivity contribution is 7.98. The zero-order chi connectivity index (χ0) is 12.0. The van der Waals surface area contributed by atoms with E-state index in [2.05, 4.69) is 30.4 Å². The monoisotopic (exact) mass is 258 g/mol. The normalized spacial score (nSPS) is 14.8. The quantitative estimate of drug-likeness (QED) is 0.791. The molecule has 0 aliphatic carbocycles. The van der Waals surface area contributed by atoms with E-state index in [1.165, 1.54) is 5.56 Å². The Morgan fingerprint density at radius 3 is 2.88 bits per heavy atom. The Bertz CT molecular complexity index is 320. The molecule has 0 fully saturated rings. The van der Waals surface area contributed by atoms with Gasteiger partial charge in [-0.15, -0.1) is 0 Å². The summed E-state index contributed by atoms with van der Waals surface area (Å²) in [6.07, 6.45) is 5.04. The SMILES string of the molecule is CCC(CSC)NC(C)c1ccnc(Cl)c1. The number of hydrogen-bond donors (Lipinski definition) is 1. The molecule has 0 amide bonds. The lowest BCUT2D eigenvalue weighted by Gasteiger charge is -2.21. The third-order valence-electron chi connectivity index (χ3n) is 2.60. The van der Waals surface area contributed by atoms with Crippen molar-refractivity contribution in [1.29, 1.82) is 0 Å². The lowest BCUT2D eigenvalue weighted by atomic mass is 10.1. The Kier molecular flexibility index (Phi) is 6.17. The molecular weight excluding hydrogens is 240 g/mol. The molecule has 4 heteroatoms. The number of halogens is 1. The van der Waals surface area contributed by atoms with Gasteiger partial charge in [0.2, 0.25) is 0 Å². The number of aromatic nitrogens is 1. The molecule has 1 aromatic rings. The molecule has 1 N–H and O–H groups in total. The summed E-state index contributed by atoms with van der Waals surface area (Å²) >= 11 is 7.75. The Hall–Kier alpha value is -0.250. The first-order valence-corrected chi connectivity index (χ1v) is 7.31. The van der Waals surface area contributed by atoms with Crippen LogP contribution >= 0.6 is 23.4 Å². The molecule has 0 saturated carbocycles. The van der Waals surface area contributed by atoms with E-state index in [1.54, 1.807) is 6.20 Å². The minimum atomic E-state index is 0.317. The number of pyridine rings is 1. The van der Waals surface area contributed by atoms with Crippen LogP contribution in [0.3, 0.4) is 0 Å². The van der Waals surface area contributed by atoms with E-state index in [0.29, 0.717) is 17.2 Å². The molecule has 0 aliphatic rings. The summed E-state index contributed by atoms with van der Waals surface area (Å²) in [4.78, 5) is 3.99. The molecule has 1 heterocycles. The summed E-state index contributed by atoms with van der Waals surface area (Å²) < 4.78 is 0. The van der Waals surface area contributed by atoms with Crippen molar-refractivity contribution < 1.29 is 0 Å². The zero-order valence-corrected chi connectivity index (χ0v) is 11.6. The Morgan fingerprint density at radius 2 is 2.31 bits per heavy atom. The predicted molar refractivity (Wildman–Crippen MR) is 73.3 cm³/mol. The number of thioether (sulfide) groups is 1. The van der Waals surface area contributed by atoms with Crippen molar-refractivity contribution in [3.8, 4) is 0 Å². The first kappa shape index (κ1) is 13.8. The topological polar surface area (TPSA) is 24.9 Å². The molecule has 0 bridgehead atoms. The first-order valence-electron chi connectivity index (χ1n) is 5.53. The summed E-state index contributed by atoms with van der Waals surface area (Å²) in [5, 5.41) is 4.16. The van der Waals surface area contributed by atoms with Gasteiger partial charge in [-0.25, -0.2) is 4.98 Å². The molecule has 1 rings (SSSR count). The second-order valence-electron chi connectivity index (χ2n) is 3.86. The van der Waals surface area contributed by atoms with Crippen LogP contribution in [0.1, 0.15) is 31.9 Å². The second-order valence-corrected chi connectivity index (χ2v) is 5.16. The van der Waals surface area contributed by atoms with Gasteiger partial charge in [-0.2, -0.15) is 11.8 Å². The average molecular weight is 259 g/mol. The lowest BCUT2D eigenvalue weighted by Crippen LogP contribution is -2.32. The van der Waals surface area contributed by atoms with Crippen molar-refractivity contribution in [3.63, 3.8) is 0 Å². The van der Waals surface area contributed by atoms with Crippen molar-refractivity contribution in [3.05, 3.63) is 29.0 Å². The fraction of sp³-hybridized carbons (Fsp3) is 0.583. The van der Waals surface area contributed by atoms with Crippen LogP contribution in [-0.4, -0.2) is 23.0 Å². The van der Waals surface area contributed by atoms with Gasteiger partial charge in [0, 0.05) is 24.0 Å². The molecular formula is C12H19ClN2S. The van der Waals surface area contributed by atoms with Crippen LogP contribution in [0.25, 0.3) is 0 Å². The van der Waals surface area contributed by atoms with Gasteiger partial charge in [0.15, 0.2) is 0 Å². The van der Waals surface area contributed by atoms with Gasteiger partial charge in [-0.05, 0) is 37.3 Å². The van der Waals surface area contributed by atoms with E-state index < -0.39 is 0 Å². The summed E-state index contributed by atoms with van der Waals surface area (Å²) in [7, 11) is 0. The molecule has 2 nitrogen and oxygen atoms in total. The minimum absolute atomic E-state index is 0.317. The van der Waals surface area contributed by atoms with Crippen LogP contribution in [0.5, 0.6) is 0 Å². The van der Waals surface area contributed by atoms with Crippen LogP contribution < -0.4 is 5.32 Å². The van der Waals surface area contributed by atoms with Gasteiger partial charge < -0.3 is 5.32 Å². The number of nitrogens with one attached hydrogen (secondary N) is 1. The number of rotatable bonds is 6. The maximum atomic E-state index is 5.88. The summed E-state index contributed by atoms with van der Waals surface area (Å²) in [6, 6.07) is 4.80. The average Bonchev–Trinajstić information content (AvgIpc) is 2.28. The van der Waals surface area contributed by atoms with Crippen LogP contribution in [0.2, 0.25) is 5.15 Å². The zero-order valence-electron chi connectivity index (χ0n) is 10.0. The van der Waals surface area contributed by atoms with E-state index in [1.807, 2.05) is 23.9 Å². The van der Waals surface area contributed by atoms with Gasteiger partial charge in [0.25, 0.3) is 0 Å². The highest BCUT2D eigenvalue weighted by Crippen LogP contribution is 2.17. The summed E-state index contributed by atoms with van der Waals surface area (Å²) in [6.45, 7) is 4.37. The lowest BCUT2D eigenvalue weighted by molar-refractivity contribution is 0.474. The number of nitrogens with zero attached hydrogens (tertiary/aromatic N) is 1. The number of hydrogen-bond acceptors (Lipinski definition) is 3. The fourth-order valence-electron chi connectivity index (χ4n) is 1.62. The standard InChI is InChI=1S/C12H19ClN2S/c1-4-11(8-16-3)15-9(2)10-5-6-14-12(13)7-10/h5-7,9,11,15H,4,8H2,1-3H3. The molecule has 2 atom stereocenters. The molecule has 0 spiro atoms. The van der Waals surface area contributed by atoms with Gasteiger partial charge in [0.1, 0.15) is 5.15 Å². The van der Waals surface area contributed by atoms with E-state index in [4.69, 9.17) is 11.6 Å². The highest BCUT2D eigenvalue weighted by Gasteiger charge is 2.11. The summed E-state index contributed by atoms with van der Waals surface area (Å²) in [5.41, 5.74) is 1.19. The van der Waals surface area contributed by atoms with E-state index >= 15 is 0 Å². The van der Waals surface area contributed by atoms with Crippen molar-refractivity contribution in [1.82, 2.24) is 10.3 Å². The Morgan fingerprint density at radius 1 is 1.56 bits per heavy atom. The molecule has 0 radical (unpaired) electrons. The Labute approximate surface area is 107 Å². The first-order chi connectivity index (χ1) is 7.67.